The molecule has 0 unspecified atom stereocenters. The molecule has 0 spiro atoms. The standard InChI is InChI=1S/C11H9BrINO2S.C2H6/c1-6-5-8-9(12)4-3-7(11(15)16-2)10(8)14(6)17-13;1-2/h3-5H,1-2H3;1-2H3. The first-order chi connectivity index (χ1) is 9.10. The first-order valence-electron chi connectivity index (χ1n) is 5.78. The highest BCUT2D eigenvalue weighted by molar-refractivity contribution is 14.2. The molecule has 0 saturated heterocycles. The van der Waals surface area contributed by atoms with Crippen molar-refractivity contribution >= 4 is 63.1 Å². The van der Waals surface area contributed by atoms with Gasteiger partial charge in [0.15, 0.2) is 0 Å². The Kier molecular flexibility index (Phi) is 6.68. The molecule has 0 aliphatic rings. The molecule has 0 bridgehead atoms. The number of benzene rings is 1. The van der Waals surface area contributed by atoms with Gasteiger partial charge in [0.05, 0.1) is 18.2 Å². The summed E-state index contributed by atoms with van der Waals surface area (Å²) in [6, 6.07) is 5.70. The molecule has 2 aromatic rings. The van der Waals surface area contributed by atoms with Gasteiger partial charge in [0.25, 0.3) is 0 Å². The van der Waals surface area contributed by atoms with Crippen LogP contribution in [-0.4, -0.2) is 17.1 Å². The van der Waals surface area contributed by atoms with Crippen LogP contribution in [0.25, 0.3) is 10.9 Å². The van der Waals surface area contributed by atoms with Crippen molar-refractivity contribution in [3.05, 3.63) is 33.9 Å². The molecule has 6 heteroatoms. The zero-order chi connectivity index (χ0) is 14.6. The monoisotopic (exact) mass is 455 g/mol. The molecule has 19 heavy (non-hydrogen) atoms. The number of aryl methyl sites for hydroxylation is 1. The second-order valence-electron chi connectivity index (χ2n) is 3.50. The molecular formula is C13H15BrINO2S. The van der Waals surface area contributed by atoms with Gasteiger partial charge in [-0.2, -0.15) is 0 Å². The van der Waals surface area contributed by atoms with Crippen molar-refractivity contribution in [3.63, 3.8) is 0 Å². The van der Waals surface area contributed by atoms with Crippen molar-refractivity contribution < 1.29 is 9.53 Å². The summed E-state index contributed by atoms with van der Waals surface area (Å²) in [5.74, 6) is -0.313. The molecule has 1 aromatic heterocycles. The Balaban J connectivity index is 0.000000861. The van der Waals surface area contributed by atoms with Gasteiger partial charge in [-0.05, 0) is 25.1 Å². The number of rotatable bonds is 2. The SMILES string of the molecule is CC.COC(=O)c1ccc(Br)c2cc(C)n(SI)c12. The van der Waals surface area contributed by atoms with Crippen molar-refractivity contribution in [1.82, 2.24) is 3.97 Å². The fourth-order valence-corrected chi connectivity index (χ4v) is 4.13. The number of hydrogen-bond acceptors (Lipinski definition) is 3. The van der Waals surface area contributed by atoms with Crippen molar-refractivity contribution in [3.8, 4) is 0 Å². The Morgan fingerprint density at radius 2 is 2.05 bits per heavy atom. The summed E-state index contributed by atoms with van der Waals surface area (Å²) in [7, 11) is 2.94. The average Bonchev–Trinajstić information content (AvgIpc) is 2.78. The summed E-state index contributed by atoms with van der Waals surface area (Å²) in [6.07, 6.45) is 0. The summed E-state index contributed by atoms with van der Waals surface area (Å²) in [5, 5.41) is 1.02. The van der Waals surface area contributed by atoms with Gasteiger partial charge in [0, 0.05) is 45.9 Å². The number of hydrogen-bond donors (Lipinski definition) is 0. The number of methoxy groups -OCH3 is 1. The van der Waals surface area contributed by atoms with E-state index in [1.807, 2.05) is 30.8 Å². The van der Waals surface area contributed by atoms with Crippen LogP contribution in [0.5, 0.6) is 0 Å². The number of esters is 1. The van der Waals surface area contributed by atoms with E-state index in [1.54, 1.807) is 15.2 Å². The Labute approximate surface area is 137 Å². The minimum Gasteiger partial charge on any atom is -0.465 e. The van der Waals surface area contributed by atoms with Crippen LogP contribution in [0.3, 0.4) is 0 Å². The highest BCUT2D eigenvalue weighted by Crippen LogP contribution is 2.34. The molecule has 0 atom stereocenters. The first-order valence-corrected chi connectivity index (χ1v) is 9.89. The first kappa shape index (κ1) is 16.8. The lowest BCUT2D eigenvalue weighted by Gasteiger charge is -2.07. The normalized spacial score (nSPS) is 10.0. The quantitative estimate of drug-likeness (QED) is 0.450. The zero-order valence-corrected chi connectivity index (χ0v) is 15.7. The Bertz CT molecular complexity index is 598. The molecule has 0 amide bonds. The van der Waals surface area contributed by atoms with Crippen LogP contribution in [0.2, 0.25) is 0 Å². The van der Waals surface area contributed by atoms with Crippen molar-refractivity contribution in [2.24, 2.45) is 0 Å². The van der Waals surface area contributed by atoms with Crippen LogP contribution in [0.1, 0.15) is 29.9 Å². The van der Waals surface area contributed by atoms with Crippen molar-refractivity contribution in [1.29, 1.82) is 0 Å². The number of nitrogens with zero attached hydrogens (tertiary/aromatic N) is 1. The molecular weight excluding hydrogens is 441 g/mol. The predicted molar refractivity (Wildman–Crippen MR) is 94.1 cm³/mol. The van der Waals surface area contributed by atoms with E-state index in [4.69, 9.17) is 4.74 Å². The Hall–Kier alpha value is -0.210. The Morgan fingerprint density at radius 3 is 2.58 bits per heavy atom. The van der Waals surface area contributed by atoms with Crippen molar-refractivity contribution in [2.75, 3.05) is 7.11 Å². The second kappa shape index (κ2) is 7.54. The minimum absolute atomic E-state index is 0.313. The third-order valence-electron chi connectivity index (χ3n) is 2.51. The molecule has 0 saturated carbocycles. The number of carbonyl (C=O) groups excluding carboxylic acids is 1. The molecule has 0 aliphatic carbocycles. The fraction of sp³-hybridized carbons (Fsp3) is 0.308. The van der Waals surface area contributed by atoms with E-state index in [9.17, 15) is 4.79 Å². The van der Waals surface area contributed by atoms with Gasteiger partial charge in [-0.25, -0.2) is 4.79 Å². The molecule has 1 heterocycles. The van der Waals surface area contributed by atoms with Gasteiger partial charge < -0.3 is 4.74 Å². The van der Waals surface area contributed by atoms with E-state index in [1.165, 1.54) is 7.11 Å². The Morgan fingerprint density at radius 1 is 1.42 bits per heavy atom. The van der Waals surface area contributed by atoms with Crippen molar-refractivity contribution in [2.45, 2.75) is 20.8 Å². The van der Waals surface area contributed by atoms with E-state index < -0.39 is 0 Å². The van der Waals surface area contributed by atoms with Crippen LogP contribution < -0.4 is 0 Å². The lowest BCUT2D eigenvalue weighted by molar-refractivity contribution is 0.0602. The highest BCUT2D eigenvalue weighted by Gasteiger charge is 2.17. The lowest BCUT2D eigenvalue weighted by Crippen LogP contribution is -2.03. The third kappa shape index (κ3) is 3.28. The minimum atomic E-state index is -0.313. The van der Waals surface area contributed by atoms with Gasteiger partial charge in [0.2, 0.25) is 0 Å². The molecule has 0 fully saturated rings. The molecule has 104 valence electrons. The largest absolute Gasteiger partial charge is 0.465 e. The second-order valence-corrected chi connectivity index (χ2v) is 6.04. The maximum Gasteiger partial charge on any atom is 0.340 e. The maximum absolute atomic E-state index is 11.8. The summed E-state index contributed by atoms with van der Waals surface area (Å²) in [6.45, 7) is 6.01. The number of ether oxygens (including phenoxy) is 1. The van der Waals surface area contributed by atoms with Crippen LogP contribution in [0.15, 0.2) is 22.7 Å². The smallest absolute Gasteiger partial charge is 0.340 e. The van der Waals surface area contributed by atoms with Gasteiger partial charge in [-0.1, -0.05) is 29.8 Å². The number of aromatic nitrogens is 1. The number of halogens is 2. The summed E-state index contributed by atoms with van der Waals surface area (Å²) < 4.78 is 7.81. The topological polar surface area (TPSA) is 31.2 Å². The summed E-state index contributed by atoms with van der Waals surface area (Å²) >= 11 is 5.70. The number of carbonyl (C=O) groups is 1. The average molecular weight is 456 g/mol. The van der Waals surface area contributed by atoms with E-state index in [0.717, 1.165) is 21.1 Å². The van der Waals surface area contributed by atoms with E-state index in [-0.39, 0.29) is 5.97 Å². The van der Waals surface area contributed by atoms with Gasteiger partial charge in [-0.15, -0.1) is 0 Å². The molecule has 0 aliphatic heterocycles. The van der Waals surface area contributed by atoms with Crippen LogP contribution in [0.4, 0.5) is 0 Å². The third-order valence-corrected chi connectivity index (χ3v) is 5.00. The molecule has 0 N–H and O–H groups in total. The van der Waals surface area contributed by atoms with Crippen LogP contribution in [-0.2, 0) is 4.74 Å². The molecule has 2 rings (SSSR count). The van der Waals surface area contributed by atoms with Gasteiger partial charge in [-0.3, -0.25) is 3.97 Å². The molecule has 1 aromatic carbocycles. The van der Waals surface area contributed by atoms with E-state index in [0.29, 0.717) is 5.56 Å². The molecule has 3 nitrogen and oxygen atoms in total. The van der Waals surface area contributed by atoms with E-state index >= 15 is 0 Å². The predicted octanol–water partition coefficient (Wildman–Crippen LogP) is 5.37. The zero-order valence-electron chi connectivity index (χ0n) is 11.2. The van der Waals surface area contributed by atoms with Gasteiger partial charge >= 0.3 is 5.97 Å². The van der Waals surface area contributed by atoms with E-state index in [2.05, 4.69) is 43.2 Å². The lowest BCUT2D eigenvalue weighted by atomic mass is 10.1. The van der Waals surface area contributed by atoms with Crippen LogP contribution >= 0.6 is 46.3 Å². The fourth-order valence-electron chi connectivity index (χ4n) is 1.75. The summed E-state index contributed by atoms with van der Waals surface area (Å²) in [4.78, 5) is 11.8. The number of fused-ring (bicyclic) bond motifs is 1. The molecule has 0 radical (unpaired) electrons. The maximum atomic E-state index is 11.8. The van der Waals surface area contributed by atoms with Gasteiger partial charge in [0.1, 0.15) is 0 Å². The highest BCUT2D eigenvalue weighted by atomic mass is 127. The van der Waals surface area contributed by atoms with Crippen LogP contribution in [0, 0.1) is 6.92 Å². The summed E-state index contributed by atoms with van der Waals surface area (Å²) in [5.41, 5.74) is 2.57.